The smallest absolute Gasteiger partial charge is 0.269 e. The van der Waals surface area contributed by atoms with E-state index in [0.717, 1.165) is 37.3 Å². The fourth-order valence-corrected chi connectivity index (χ4v) is 4.53. The van der Waals surface area contributed by atoms with Crippen molar-refractivity contribution in [2.24, 2.45) is 4.99 Å². The quantitative estimate of drug-likeness (QED) is 0.143. The average Bonchev–Trinajstić information content (AvgIpc) is 2.63. The van der Waals surface area contributed by atoms with Crippen LogP contribution in [0.5, 0.6) is 0 Å². The van der Waals surface area contributed by atoms with Crippen molar-refractivity contribution in [2.45, 2.75) is 44.8 Å². The van der Waals surface area contributed by atoms with Crippen molar-refractivity contribution in [3.05, 3.63) is 39.9 Å². The molecule has 1 N–H and O–H groups in total. The lowest BCUT2D eigenvalue weighted by atomic mass is 10.1. The Bertz CT molecular complexity index is 810. The first-order chi connectivity index (χ1) is 13.2. The molecule has 0 aromatic heterocycles. The van der Waals surface area contributed by atoms with Gasteiger partial charge in [0.1, 0.15) is 0 Å². The molecular formula is C19H31IN4O4S. The number of aliphatic imine (C=N–C) groups is 1. The highest BCUT2D eigenvalue weighted by Gasteiger charge is 2.40. The number of nitrogens with one attached hydrogen (secondary N) is 1. The van der Waals surface area contributed by atoms with E-state index < -0.39 is 19.5 Å². The van der Waals surface area contributed by atoms with Gasteiger partial charge in [-0.2, -0.15) is 0 Å². The number of guanidine groups is 1. The molecule has 0 spiro atoms. The van der Waals surface area contributed by atoms with Crippen LogP contribution in [0.25, 0.3) is 0 Å². The topological polar surface area (TPSA) is 105 Å². The lowest BCUT2D eigenvalue weighted by molar-refractivity contribution is -0.384. The van der Waals surface area contributed by atoms with Gasteiger partial charge in [0.15, 0.2) is 15.8 Å². The molecule has 0 atom stereocenters. The summed E-state index contributed by atoms with van der Waals surface area (Å²) in [5, 5.41) is 13.9. The molecule has 10 heteroatoms. The zero-order chi connectivity index (χ0) is 20.8. The van der Waals surface area contributed by atoms with E-state index in [1.807, 2.05) is 11.8 Å². The van der Waals surface area contributed by atoms with E-state index in [0.29, 0.717) is 19.6 Å². The Balaban J connectivity index is 0.00000420. The van der Waals surface area contributed by atoms with Gasteiger partial charge in [-0.1, -0.05) is 12.1 Å². The van der Waals surface area contributed by atoms with Gasteiger partial charge in [0, 0.05) is 38.3 Å². The summed E-state index contributed by atoms with van der Waals surface area (Å²) in [6.07, 6.45) is 2.67. The van der Waals surface area contributed by atoms with Crippen LogP contribution in [-0.2, 0) is 16.3 Å². The Kier molecular flexibility index (Phi) is 9.80. The van der Waals surface area contributed by atoms with Gasteiger partial charge in [-0.3, -0.25) is 15.1 Å². The molecule has 0 amide bonds. The first kappa shape index (κ1) is 25.6. The van der Waals surface area contributed by atoms with Crippen molar-refractivity contribution < 1.29 is 13.3 Å². The lowest BCUT2D eigenvalue weighted by Crippen LogP contribution is -2.57. The lowest BCUT2D eigenvalue weighted by Gasteiger charge is -2.39. The molecule has 1 saturated heterocycles. The number of unbranched alkanes of at least 4 members (excludes halogenated alkanes) is 1. The third kappa shape index (κ3) is 7.09. The normalized spacial score (nSPS) is 18.0. The second-order valence-corrected chi connectivity index (χ2v) is 10.4. The minimum atomic E-state index is -3.08. The van der Waals surface area contributed by atoms with E-state index in [9.17, 15) is 18.5 Å². The molecule has 0 saturated carbocycles. The van der Waals surface area contributed by atoms with Gasteiger partial charge in [-0.25, -0.2) is 8.42 Å². The van der Waals surface area contributed by atoms with E-state index >= 15 is 0 Å². The van der Waals surface area contributed by atoms with Gasteiger partial charge in [-0.15, -0.1) is 24.0 Å². The molecule has 2 rings (SSSR count). The molecule has 1 aromatic rings. The van der Waals surface area contributed by atoms with Crippen LogP contribution >= 0.6 is 24.0 Å². The molecule has 1 aliphatic rings. The van der Waals surface area contributed by atoms with E-state index in [4.69, 9.17) is 0 Å². The fraction of sp³-hybridized carbons (Fsp3) is 0.632. The third-order valence-corrected chi connectivity index (χ3v) is 7.49. The minimum absolute atomic E-state index is 0. The minimum Gasteiger partial charge on any atom is -0.357 e. The standard InChI is InChI=1S/C19H30N4O4S.HI/c1-4-20-18(22-13-14-28(26,27)19(2,3)15-22)21-12-6-5-7-16-8-10-17(11-9-16)23(24)25;/h8-11H,4-7,12-15H2,1-3H3,(H,20,21);1H. The van der Waals surface area contributed by atoms with E-state index in [-0.39, 0.29) is 35.4 Å². The largest absolute Gasteiger partial charge is 0.357 e. The number of aryl methyl sites for hydroxylation is 1. The van der Waals surface area contributed by atoms with Gasteiger partial charge in [0.05, 0.1) is 15.4 Å². The highest BCUT2D eigenvalue weighted by Crippen LogP contribution is 2.23. The Labute approximate surface area is 190 Å². The second-order valence-electron chi connectivity index (χ2n) is 7.62. The van der Waals surface area contributed by atoms with Crippen molar-refractivity contribution in [3.63, 3.8) is 0 Å². The van der Waals surface area contributed by atoms with Crippen LogP contribution in [0.15, 0.2) is 29.3 Å². The number of nitrogens with zero attached hydrogens (tertiary/aromatic N) is 3. The fourth-order valence-electron chi connectivity index (χ4n) is 3.16. The Morgan fingerprint density at radius 2 is 1.93 bits per heavy atom. The monoisotopic (exact) mass is 538 g/mol. The van der Waals surface area contributed by atoms with Crippen LogP contribution in [-0.4, -0.2) is 60.9 Å². The second kappa shape index (κ2) is 11.1. The summed E-state index contributed by atoms with van der Waals surface area (Å²) >= 11 is 0. The molecule has 0 bridgehead atoms. The average molecular weight is 538 g/mol. The maximum absolute atomic E-state index is 12.2. The zero-order valence-corrected chi connectivity index (χ0v) is 20.4. The molecule has 1 heterocycles. The number of halogens is 1. The maximum atomic E-state index is 12.2. The number of sulfone groups is 1. The number of non-ortho nitro benzene ring substituents is 1. The first-order valence-corrected chi connectivity index (χ1v) is 11.3. The molecule has 0 unspecified atom stereocenters. The Morgan fingerprint density at radius 1 is 1.28 bits per heavy atom. The maximum Gasteiger partial charge on any atom is 0.269 e. The van der Waals surface area contributed by atoms with Crippen LogP contribution in [0, 0.1) is 10.1 Å². The van der Waals surface area contributed by atoms with Crippen molar-refractivity contribution in [2.75, 3.05) is 31.9 Å². The summed E-state index contributed by atoms with van der Waals surface area (Å²) in [4.78, 5) is 17.0. The summed E-state index contributed by atoms with van der Waals surface area (Å²) in [6.45, 7) is 7.80. The first-order valence-electron chi connectivity index (χ1n) is 9.65. The summed E-state index contributed by atoms with van der Waals surface area (Å²) in [6, 6.07) is 6.65. The number of hydrogen-bond donors (Lipinski definition) is 1. The number of benzene rings is 1. The molecule has 29 heavy (non-hydrogen) atoms. The summed E-state index contributed by atoms with van der Waals surface area (Å²) in [5.41, 5.74) is 1.18. The molecule has 8 nitrogen and oxygen atoms in total. The molecule has 164 valence electrons. The van der Waals surface area contributed by atoms with Crippen LogP contribution in [0.1, 0.15) is 39.2 Å². The number of rotatable bonds is 7. The van der Waals surface area contributed by atoms with Gasteiger partial charge in [0.25, 0.3) is 5.69 Å². The molecular weight excluding hydrogens is 507 g/mol. The summed E-state index contributed by atoms with van der Waals surface area (Å²) < 4.78 is 23.6. The van der Waals surface area contributed by atoms with Gasteiger partial charge in [0.2, 0.25) is 0 Å². The highest BCUT2D eigenvalue weighted by atomic mass is 127. The van der Waals surface area contributed by atoms with E-state index in [2.05, 4.69) is 10.3 Å². The predicted molar refractivity (Wildman–Crippen MR) is 127 cm³/mol. The number of nitro benzene ring substituents is 1. The van der Waals surface area contributed by atoms with Gasteiger partial charge < -0.3 is 10.2 Å². The predicted octanol–water partition coefficient (Wildman–Crippen LogP) is 3.01. The zero-order valence-electron chi connectivity index (χ0n) is 17.3. The molecule has 0 aliphatic carbocycles. The van der Waals surface area contributed by atoms with Gasteiger partial charge >= 0.3 is 0 Å². The molecule has 0 radical (unpaired) electrons. The summed E-state index contributed by atoms with van der Waals surface area (Å²) in [5.74, 6) is 0.908. The molecule has 1 aliphatic heterocycles. The highest BCUT2D eigenvalue weighted by molar-refractivity contribution is 14.0. The van der Waals surface area contributed by atoms with Crippen molar-refractivity contribution >= 4 is 45.5 Å². The number of hydrogen-bond acceptors (Lipinski definition) is 5. The SMILES string of the molecule is CCNC(=NCCCCc1ccc([N+](=O)[O-])cc1)N1CCS(=O)(=O)C(C)(C)C1.I. The molecule has 1 fully saturated rings. The van der Waals surface area contributed by atoms with Crippen molar-refractivity contribution in [3.8, 4) is 0 Å². The van der Waals surface area contributed by atoms with E-state index in [1.165, 1.54) is 12.1 Å². The van der Waals surface area contributed by atoms with Crippen LogP contribution in [0.3, 0.4) is 0 Å². The third-order valence-electron chi connectivity index (χ3n) is 4.96. The Morgan fingerprint density at radius 3 is 2.48 bits per heavy atom. The number of nitro groups is 1. The van der Waals surface area contributed by atoms with E-state index in [1.54, 1.807) is 26.0 Å². The van der Waals surface area contributed by atoms with Crippen LogP contribution < -0.4 is 5.32 Å². The van der Waals surface area contributed by atoms with Crippen LogP contribution in [0.2, 0.25) is 0 Å². The van der Waals surface area contributed by atoms with Crippen molar-refractivity contribution in [1.82, 2.24) is 10.2 Å². The van der Waals surface area contributed by atoms with Crippen LogP contribution in [0.4, 0.5) is 5.69 Å². The van der Waals surface area contributed by atoms with Crippen molar-refractivity contribution in [1.29, 1.82) is 0 Å². The Hall–Kier alpha value is -1.43. The summed E-state index contributed by atoms with van der Waals surface area (Å²) in [7, 11) is -3.08. The molecule has 1 aromatic carbocycles. The van der Waals surface area contributed by atoms with Gasteiger partial charge in [-0.05, 0) is 45.6 Å².